The summed E-state index contributed by atoms with van der Waals surface area (Å²) in [5.74, 6) is 0.1000. The predicted molar refractivity (Wildman–Crippen MR) is 110 cm³/mol. The maximum Gasteiger partial charge on any atom is 0.387 e. The molecule has 0 spiro atoms. The summed E-state index contributed by atoms with van der Waals surface area (Å²) in [6.45, 7) is -2.95. The number of hydrazone groups is 1. The van der Waals surface area contributed by atoms with E-state index in [0.29, 0.717) is 18.4 Å². The van der Waals surface area contributed by atoms with Crippen LogP contribution in [0.3, 0.4) is 0 Å². The molecule has 1 aromatic rings. The fraction of sp³-hybridized carbons (Fsp3) is 0.565. The Balaban J connectivity index is 1.74. The molecule has 162 valence electrons. The Hall–Kier alpha value is -2.44. The van der Waals surface area contributed by atoms with Gasteiger partial charge >= 0.3 is 6.61 Å². The minimum atomic E-state index is -2.95. The molecule has 0 saturated heterocycles. The Morgan fingerprint density at radius 1 is 1.03 bits per heavy atom. The summed E-state index contributed by atoms with van der Waals surface area (Å²) < 4.78 is 35.7. The summed E-state index contributed by atoms with van der Waals surface area (Å²) in [5.41, 5.74) is 1.47. The number of alkyl halides is 2. The second kappa shape index (κ2) is 9.14. The third-order valence-electron chi connectivity index (χ3n) is 6.39. The average molecular weight is 418 g/mol. The van der Waals surface area contributed by atoms with Crippen molar-refractivity contribution in [2.45, 2.75) is 64.0 Å². The Labute approximate surface area is 175 Å². The molecule has 4 rings (SSSR count). The Morgan fingerprint density at radius 2 is 1.73 bits per heavy atom. The number of benzene rings is 1. The van der Waals surface area contributed by atoms with Crippen LogP contribution >= 0.6 is 0 Å². The normalized spacial score (nSPS) is 25.0. The molecule has 2 aliphatic carbocycles. The first-order chi connectivity index (χ1) is 14.6. The number of carbonyl (C=O) groups excluding carboxylic acids is 1. The van der Waals surface area contributed by atoms with Crippen molar-refractivity contribution in [3.63, 3.8) is 0 Å². The molecule has 7 heteroatoms. The fourth-order valence-electron chi connectivity index (χ4n) is 4.86. The van der Waals surface area contributed by atoms with Crippen molar-refractivity contribution in [1.29, 1.82) is 0 Å². The molecule has 0 unspecified atom stereocenters. The van der Waals surface area contributed by atoms with Crippen molar-refractivity contribution in [3.05, 3.63) is 35.9 Å². The van der Waals surface area contributed by atoms with Crippen LogP contribution in [-0.4, -0.2) is 36.4 Å². The third-order valence-corrected chi connectivity index (χ3v) is 6.39. The molecule has 1 heterocycles. The van der Waals surface area contributed by atoms with Gasteiger partial charge < -0.3 is 9.47 Å². The van der Waals surface area contributed by atoms with Crippen LogP contribution in [0.25, 0.3) is 0 Å². The molecule has 1 aliphatic heterocycles. The van der Waals surface area contributed by atoms with Gasteiger partial charge in [0, 0.05) is 11.5 Å². The molecule has 1 amide bonds. The summed E-state index contributed by atoms with van der Waals surface area (Å²) >= 11 is 0. The van der Waals surface area contributed by atoms with Gasteiger partial charge in [-0.3, -0.25) is 4.79 Å². The zero-order valence-corrected chi connectivity index (χ0v) is 17.2. The number of carbonyl (C=O) groups is 1. The topological polar surface area (TPSA) is 51.1 Å². The summed E-state index contributed by atoms with van der Waals surface area (Å²) in [5, 5.41) is 6.55. The van der Waals surface area contributed by atoms with Gasteiger partial charge in [0.15, 0.2) is 11.5 Å². The van der Waals surface area contributed by atoms with Crippen LogP contribution in [0, 0.1) is 11.8 Å². The van der Waals surface area contributed by atoms with E-state index in [4.69, 9.17) is 9.84 Å². The summed E-state index contributed by atoms with van der Waals surface area (Å²) in [7, 11) is 1.42. The highest BCUT2D eigenvalue weighted by Gasteiger charge is 2.42. The number of hydrogen-bond donors (Lipinski definition) is 0. The molecule has 5 nitrogen and oxygen atoms in total. The van der Waals surface area contributed by atoms with Crippen LogP contribution in [0.1, 0.15) is 56.9 Å². The molecule has 1 aromatic carbocycles. The molecule has 30 heavy (non-hydrogen) atoms. The molecule has 1 saturated carbocycles. The van der Waals surface area contributed by atoms with Crippen molar-refractivity contribution in [2.24, 2.45) is 16.9 Å². The lowest BCUT2D eigenvalue weighted by molar-refractivity contribution is -0.140. The van der Waals surface area contributed by atoms with Crippen molar-refractivity contribution < 1.29 is 23.0 Å². The van der Waals surface area contributed by atoms with Crippen molar-refractivity contribution >= 4 is 11.6 Å². The third kappa shape index (κ3) is 4.20. The molecule has 0 radical (unpaired) electrons. The van der Waals surface area contributed by atoms with E-state index in [1.807, 2.05) is 6.07 Å². The highest BCUT2D eigenvalue weighted by Crippen LogP contribution is 2.39. The molecular weight excluding hydrogens is 390 g/mol. The van der Waals surface area contributed by atoms with Gasteiger partial charge in [0.25, 0.3) is 0 Å². The monoisotopic (exact) mass is 418 g/mol. The standard InChI is InChI=1S/C23H28F2N2O3/c1-29-19-13-12-15(14-20(19)30-23(24)25)21-17-10-6-7-11-18(17)22(28)27(26-21)16-8-4-2-3-5-9-16/h6-7,12-14,16-18,23H,2-5,8-11H2,1H3/t17-,18+/m0/s1. The predicted octanol–water partition coefficient (Wildman–Crippen LogP) is 5.15. The van der Waals surface area contributed by atoms with E-state index in [9.17, 15) is 13.6 Å². The quantitative estimate of drug-likeness (QED) is 0.491. The molecular formula is C23H28F2N2O3. The van der Waals surface area contributed by atoms with Crippen molar-refractivity contribution in [2.75, 3.05) is 7.11 Å². The average Bonchev–Trinajstić information content (AvgIpc) is 3.03. The number of amides is 1. The van der Waals surface area contributed by atoms with E-state index in [2.05, 4.69) is 16.9 Å². The number of ether oxygens (including phenoxy) is 2. The maximum atomic E-state index is 13.3. The minimum absolute atomic E-state index is 0.0199. The summed E-state index contributed by atoms with van der Waals surface area (Å²) in [4.78, 5) is 13.3. The van der Waals surface area contributed by atoms with E-state index < -0.39 is 6.61 Å². The largest absolute Gasteiger partial charge is 0.493 e. The van der Waals surface area contributed by atoms with Gasteiger partial charge in [0.05, 0.1) is 24.8 Å². The van der Waals surface area contributed by atoms with Crippen LogP contribution in [0.5, 0.6) is 11.5 Å². The maximum absolute atomic E-state index is 13.3. The number of fused-ring (bicyclic) bond motifs is 1. The lowest BCUT2D eigenvalue weighted by Crippen LogP contribution is -2.49. The van der Waals surface area contributed by atoms with Gasteiger partial charge in [-0.05, 0) is 43.9 Å². The lowest BCUT2D eigenvalue weighted by atomic mass is 9.76. The van der Waals surface area contributed by atoms with E-state index in [1.165, 1.54) is 20.0 Å². The number of methoxy groups -OCH3 is 1. The van der Waals surface area contributed by atoms with E-state index in [0.717, 1.165) is 31.4 Å². The van der Waals surface area contributed by atoms with Crippen LogP contribution in [0.2, 0.25) is 0 Å². The molecule has 0 bridgehead atoms. The van der Waals surface area contributed by atoms with Gasteiger partial charge in [-0.25, -0.2) is 5.01 Å². The second-order valence-corrected chi connectivity index (χ2v) is 8.21. The zero-order chi connectivity index (χ0) is 21.1. The molecule has 2 atom stereocenters. The second-order valence-electron chi connectivity index (χ2n) is 8.21. The summed E-state index contributed by atoms with van der Waals surface area (Å²) in [6.07, 6.45) is 12.0. The van der Waals surface area contributed by atoms with E-state index in [1.54, 1.807) is 17.1 Å². The highest BCUT2D eigenvalue weighted by molar-refractivity contribution is 6.07. The SMILES string of the molecule is COc1ccc(C2=NN(C3CCCCCC3)C(=O)[C@@H]3CC=CC[C@H]23)cc1OC(F)F. The number of halogens is 2. The van der Waals surface area contributed by atoms with Crippen LogP contribution < -0.4 is 9.47 Å². The first kappa shape index (κ1) is 20.8. The summed E-state index contributed by atoms with van der Waals surface area (Å²) in [6, 6.07) is 5.10. The highest BCUT2D eigenvalue weighted by atomic mass is 19.3. The molecule has 0 N–H and O–H groups in total. The number of nitrogens with zero attached hydrogens (tertiary/aromatic N) is 2. The number of rotatable bonds is 5. The Kier molecular flexibility index (Phi) is 6.35. The number of hydrogen-bond acceptors (Lipinski definition) is 4. The van der Waals surface area contributed by atoms with Crippen molar-refractivity contribution in [1.82, 2.24) is 5.01 Å². The van der Waals surface area contributed by atoms with Gasteiger partial charge in [0.1, 0.15) is 0 Å². The Bertz CT molecular complexity index is 832. The Morgan fingerprint density at radius 3 is 2.40 bits per heavy atom. The first-order valence-corrected chi connectivity index (χ1v) is 10.8. The minimum Gasteiger partial charge on any atom is -0.493 e. The molecule has 0 aromatic heterocycles. The van der Waals surface area contributed by atoms with Crippen LogP contribution in [0.15, 0.2) is 35.5 Å². The zero-order valence-electron chi connectivity index (χ0n) is 17.2. The number of allylic oxidation sites excluding steroid dienone is 2. The van der Waals surface area contributed by atoms with Gasteiger partial charge in [-0.2, -0.15) is 13.9 Å². The fourth-order valence-corrected chi connectivity index (χ4v) is 4.86. The van der Waals surface area contributed by atoms with Gasteiger partial charge in [-0.15, -0.1) is 0 Å². The smallest absolute Gasteiger partial charge is 0.387 e. The van der Waals surface area contributed by atoms with E-state index >= 15 is 0 Å². The van der Waals surface area contributed by atoms with Crippen molar-refractivity contribution in [3.8, 4) is 11.5 Å². The van der Waals surface area contributed by atoms with E-state index in [-0.39, 0.29) is 35.3 Å². The van der Waals surface area contributed by atoms with Gasteiger partial charge in [-0.1, -0.05) is 37.8 Å². The first-order valence-electron chi connectivity index (χ1n) is 10.8. The molecule has 3 aliphatic rings. The van der Waals surface area contributed by atoms with Crippen LogP contribution in [-0.2, 0) is 4.79 Å². The molecule has 1 fully saturated rings. The lowest BCUT2D eigenvalue weighted by Gasteiger charge is -2.40. The van der Waals surface area contributed by atoms with Crippen LogP contribution in [0.4, 0.5) is 8.78 Å². The van der Waals surface area contributed by atoms with Gasteiger partial charge in [0.2, 0.25) is 5.91 Å².